The summed E-state index contributed by atoms with van der Waals surface area (Å²) in [7, 11) is 3.38. The second kappa shape index (κ2) is 8.70. The van der Waals surface area contributed by atoms with Gasteiger partial charge in [0.1, 0.15) is 16.7 Å². The van der Waals surface area contributed by atoms with Crippen LogP contribution in [-0.4, -0.2) is 31.0 Å². The van der Waals surface area contributed by atoms with Crippen molar-refractivity contribution in [2.24, 2.45) is 7.05 Å². The van der Waals surface area contributed by atoms with Crippen molar-refractivity contribution in [2.45, 2.75) is 19.9 Å². The Morgan fingerprint density at radius 2 is 2.03 bits per heavy atom. The number of rotatable bonds is 8. The minimum atomic E-state index is -0.167. The van der Waals surface area contributed by atoms with Gasteiger partial charge < -0.3 is 19.9 Å². The van der Waals surface area contributed by atoms with Crippen LogP contribution in [0.25, 0.3) is 16.7 Å². The standard InChI is InChI=1S/C24H27N7O2/c1-7-16(4)26-17-9-8-10-18(11-17)30-13-19(27-20-12-29(5)28-23(20)33-6)21-22(24(30)32)31(14-25-21)15(2)3/h7-15,26-27H,1,4H2,2-3,5-6H3. The molecule has 2 N–H and O–H groups in total. The molecule has 0 radical (unpaired) electrons. The summed E-state index contributed by atoms with van der Waals surface area (Å²) in [6.07, 6.45) is 6.88. The van der Waals surface area contributed by atoms with Gasteiger partial charge in [-0.15, -0.1) is 5.10 Å². The number of allylic oxidation sites excluding steroid dienone is 1. The Hall–Kier alpha value is -4.27. The number of aryl methyl sites for hydroxylation is 1. The van der Waals surface area contributed by atoms with Crippen LogP contribution in [0.4, 0.5) is 17.1 Å². The highest BCUT2D eigenvalue weighted by atomic mass is 16.5. The molecule has 0 fully saturated rings. The molecule has 0 saturated carbocycles. The molecular weight excluding hydrogens is 418 g/mol. The summed E-state index contributed by atoms with van der Waals surface area (Å²) >= 11 is 0. The third-order valence-electron chi connectivity index (χ3n) is 5.22. The van der Waals surface area contributed by atoms with Crippen molar-refractivity contribution < 1.29 is 4.74 Å². The van der Waals surface area contributed by atoms with Gasteiger partial charge in [-0.25, -0.2) is 4.98 Å². The number of nitrogens with zero attached hydrogens (tertiary/aromatic N) is 5. The maximum atomic E-state index is 13.6. The van der Waals surface area contributed by atoms with Gasteiger partial charge in [0.05, 0.1) is 31.0 Å². The largest absolute Gasteiger partial charge is 0.478 e. The van der Waals surface area contributed by atoms with Crippen molar-refractivity contribution >= 4 is 28.1 Å². The van der Waals surface area contributed by atoms with Crippen LogP contribution in [0.2, 0.25) is 0 Å². The Kier molecular flexibility index (Phi) is 5.78. The van der Waals surface area contributed by atoms with Crippen LogP contribution in [0.15, 0.2) is 72.7 Å². The second-order valence-electron chi connectivity index (χ2n) is 7.92. The van der Waals surface area contributed by atoms with E-state index in [0.29, 0.717) is 39.7 Å². The van der Waals surface area contributed by atoms with Crippen LogP contribution in [0.5, 0.6) is 5.88 Å². The van der Waals surface area contributed by atoms with E-state index in [1.165, 1.54) is 0 Å². The maximum absolute atomic E-state index is 13.6. The van der Waals surface area contributed by atoms with E-state index in [9.17, 15) is 4.79 Å². The number of hydrogen-bond acceptors (Lipinski definition) is 6. The SMILES string of the molecule is C=CC(=C)Nc1cccc(-n2cc(Nc3cn(C)nc3OC)c3ncn(C(C)C)c3c2=O)c1. The lowest BCUT2D eigenvalue weighted by atomic mass is 10.2. The molecule has 9 nitrogen and oxygen atoms in total. The zero-order valence-electron chi connectivity index (χ0n) is 19.2. The molecule has 0 aliphatic carbocycles. The molecule has 0 amide bonds. The number of pyridine rings is 1. The number of hydrogen-bond donors (Lipinski definition) is 2. The number of anilines is 3. The Balaban J connectivity index is 1.92. The Labute approximate surface area is 191 Å². The average Bonchev–Trinajstić information content (AvgIpc) is 3.39. The van der Waals surface area contributed by atoms with Gasteiger partial charge in [0.2, 0.25) is 0 Å². The molecule has 0 aliphatic rings. The van der Waals surface area contributed by atoms with E-state index in [2.05, 4.69) is 33.9 Å². The quantitative estimate of drug-likeness (QED) is 0.392. The van der Waals surface area contributed by atoms with Crippen molar-refractivity contribution in [3.8, 4) is 11.6 Å². The van der Waals surface area contributed by atoms with Crippen LogP contribution in [0.1, 0.15) is 19.9 Å². The predicted octanol–water partition coefficient (Wildman–Crippen LogP) is 4.37. The molecule has 1 aromatic carbocycles. The Bertz CT molecular complexity index is 1410. The van der Waals surface area contributed by atoms with E-state index in [-0.39, 0.29) is 11.6 Å². The average molecular weight is 446 g/mol. The minimum Gasteiger partial charge on any atom is -0.478 e. The normalized spacial score (nSPS) is 11.1. The molecule has 170 valence electrons. The molecule has 0 atom stereocenters. The van der Waals surface area contributed by atoms with Crippen molar-refractivity contribution in [1.82, 2.24) is 23.9 Å². The number of ether oxygens (including phenoxy) is 1. The molecule has 4 aromatic rings. The predicted molar refractivity (Wildman–Crippen MR) is 132 cm³/mol. The first-order valence-electron chi connectivity index (χ1n) is 10.5. The van der Waals surface area contributed by atoms with Crippen LogP contribution < -0.4 is 20.9 Å². The molecule has 3 heterocycles. The first-order valence-corrected chi connectivity index (χ1v) is 10.5. The summed E-state index contributed by atoms with van der Waals surface area (Å²) in [4.78, 5) is 18.2. The fraction of sp³-hybridized carbons (Fsp3) is 0.208. The summed E-state index contributed by atoms with van der Waals surface area (Å²) in [5, 5.41) is 10.8. The Morgan fingerprint density at radius 1 is 1.24 bits per heavy atom. The molecule has 33 heavy (non-hydrogen) atoms. The summed E-state index contributed by atoms with van der Waals surface area (Å²) in [6.45, 7) is 11.6. The van der Waals surface area contributed by atoms with E-state index in [1.54, 1.807) is 35.0 Å². The van der Waals surface area contributed by atoms with Crippen molar-refractivity contribution in [2.75, 3.05) is 17.7 Å². The highest BCUT2D eigenvalue weighted by molar-refractivity contribution is 5.90. The zero-order valence-corrected chi connectivity index (χ0v) is 19.2. The first kappa shape index (κ1) is 21.9. The monoisotopic (exact) mass is 445 g/mol. The van der Waals surface area contributed by atoms with E-state index < -0.39 is 0 Å². The molecule has 9 heteroatoms. The van der Waals surface area contributed by atoms with Gasteiger partial charge in [0.25, 0.3) is 11.4 Å². The molecule has 0 bridgehead atoms. The Morgan fingerprint density at radius 3 is 2.73 bits per heavy atom. The van der Waals surface area contributed by atoms with E-state index in [0.717, 1.165) is 5.69 Å². The molecule has 0 saturated heterocycles. The number of imidazole rings is 1. The van der Waals surface area contributed by atoms with Gasteiger partial charge in [-0.3, -0.25) is 14.0 Å². The lowest BCUT2D eigenvalue weighted by Crippen LogP contribution is -2.21. The van der Waals surface area contributed by atoms with Crippen LogP contribution in [0.3, 0.4) is 0 Å². The summed E-state index contributed by atoms with van der Waals surface area (Å²) in [5.74, 6) is 0.445. The fourth-order valence-corrected chi connectivity index (χ4v) is 3.63. The molecule has 0 unspecified atom stereocenters. The van der Waals surface area contributed by atoms with Crippen LogP contribution in [-0.2, 0) is 7.05 Å². The number of methoxy groups -OCH3 is 1. The zero-order chi connectivity index (χ0) is 23.7. The topological polar surface area (TPSA) is 90.9 Å². The second-order valence-corrected chi connectivity index (χ2v) is 7.92. The molecule has 4 rings (SSSR count). The first-order chi connectivity index (χ1) is 15.8. The van der Waals surface area contributed by atoms with Crippen LogP contribution in [0, 0.1) is 0 Å². The molecule has 0 aliphatic heterocycles. The third kappa shape index (κ3) is 4.12. The van der Waals surface area contributed by atoms with Gasteiger partial charge in [0, 0.05) is 30.7 Å². The van der Waals surface area contributed by atoms with Gasteiger partial charge in [-0.1, -0.05) is 19.2 Å². The van der Waals surface area contributed by atoms with Crippen molar-refractivity contribution in [3.63, 3.8) is 0 Å². The third-order valence-corrected chi connectivity index (χ3v) is 5.22. The minimum absolute atomic E-state index is 0.0586. The van der Waals surface area contributed by atoms with Gasteiger partial charge in [-0.2, -0.15) is 0 Å². The van der Waals surface area contributed by atoms with Gasteiger partial charge in [-0.05, 0) is 38.1 Å². The highest BCUT2D eigenvalue weighted by Crippen LogP contribution is 2.30. The fourth-order valence-electron chi connectivity index (χ4n) is 3.63. The number of fused-ring (bicyclic) bond motifs is 1. The molecule has 0 spiro atoms. The highest BCUT2D eigenvalue weighted by Gasteiger charge is 2.19. The lowest BCUT2D eigenvalue weighted by molar-refractivity contribution is 0.393. The summed E-state index contributed by atoms with van der Waals surface area (Å²) < 4.78 is 10.5. The van der Waals surface area contributed by atoms with Crippen LogP contribution >= 0.6 is 0 Å². The number of aromatic nitrogens is 5. The maximum Gasteiger partial charge on any atom is 0.281 e. The smallest absolute Gasteiger partial charge is 0.281 e. The summed E-state index contributed by atoms with van der Waals surface area (Å²) in [5.41, 5.74) is 4.40. The van der Waals surface area contributed by atoms with E-state index in [1.807, 2.05) is 55.9 Å². The van der Waals surface area contributed by atoms with Gasteiger partial charge >= 0.3 is 0 Å². The van der Waals surface area contributed by atoms with E-state index in [4.69, 9.17) is 4.74 Å². The van der Waals surface area contributed by atoms with E-state index >= 15 is 0 Å². The number of benzene rings is 1. The van der Waals surface area contributed by atoms with Gasteiger partial charge in [0.15, 0.2) is 0 Å². The number of nitrogens with one attached hydrogen (secondary N) is 2. The van der Waals surface area contributed by atoms with Crippen molar-refractivity contribution in [1.29, 1.82) is 0 Å². The summed E-state index contributed by atoms with van der Waals surface area (Å²) in [6, 6.07) is 7.59. The molecule has 3 aromatic heterocycles. The lowest BCUT2D eigenvalue weighted by Gasteiger charge is -2.15. The molecular formula is C24H27N7O2. The van der Waals surface area contributed by atoms with Crippen molar-refractivity contribution in [3.05, 3.63) is 78.3 Å².